The van der Waals surface area contributed by atoms with E-state index in [1.807, 2.05) is 86.6 Å². The maximum atomic E-state index is 14.0. The Morgan fingerprint density at radius 2 is 1.71 bits per heavy atom. The second-order valence-electron chi connectivity index (χ2n) is 8.92. The minimum absolute atomic E-state index is 0.0953. The first-order valence-corrected chi connectivity index (χ1v) is 12.7. The quantitative estimate of drug-likeness (QED) is 0.574. The molecule has 0 radical (unpaired) electrons. The predicted octanol–water partition coefficient (Wildman–Crippen LogP) is 3.94. The minimum Gasteiger partial charge on any atom is -0.354 e. The van der Waals surface area contributed by atoms with E-state index in [-0.39, 0.29) is 30.0 Å². The summed E-state index contributed by atoms with van der Waals surface area (Å²) in [5, 5.41) is 2.93. The van der Waals surface area contributed by atoms with Crippen LogP contribution in [0.3, 0.4) is 0 Å². The van der Waals surface area contributed by atoms with E-state index in [4.69, 9.17) is 0 Å². The third kappa shape index (κ3) is 4.00. The lowest BCUT2D eigenvalue weighted by atomic mass is 10.0. The highest BCUT2D eigenvalue weighted by Crippen LogP contribution is 2.55. The van der Waals surface area contributed by atoms with Crippen molar-refractivity contribution >= 4 is 40.9 Å². The smallest absolute Gasteiger partial charge is 0.269 e. The normalized spacial score (nSPS) is 18.9. The number of hydrogen-bond acceptors (Lipinski definition) is 4. The Labute approximate surface area is 209 Å². The molecule has 5 rings (SSSR count). The zero-order chi connectivity index (χ0) is 24.6. The van der Waals surface area contributed by atoms with Crippen molar-refractivity contribution in [3.63, 3.8) is 0 Å². The Bertz CT molecular complexity index is 1310. The molecule has 178 valence electrons. The van der Waals surface area contributed by atoms with E-state index in [0.717, 1.165) is 22.3 Å². The summed E-state index contributed by atoms with van der Waals surface area (Å²) in [5.74, 6) is -0.404. The molecule has 2 aliphatic heterocycles. The number of aryl methyl sites for hydroxylation is 2. The number of para-hydroxylation sites is 1. The van der Waals surface area contributed by atoms with Crippen LogP contribution < -0.4 is 15.1 Å². The number of carbonyl (C=O) groups excluding carboxylic acids is 3. The van der Waals surface area contributed by atoms with Crippen LogP contribution in [0.2, 0.25) is 0 Å². The van der Waals surface area contributed by atoms with Crippen LogP contribution in [0.25, 0.3) is 0 Å². The van der Waals surface area contributed by atoms with Gasteiger partial charge < -0.3 is 5.32 Å². The number of nitrogens with zero attached hydrogens (tertiary/aromatic N) is 2. The van der Waals surface area contributed by atoms with Crippen molar-refractivity contribution in [3.8, 4) is 0 Å². The van der Waals surface area contributed by atoms with E-state index in [1.54, 1.807) is 4.90 Å². The van der Waals surface area contributed by atoms with Gasteiger partial charge in [0.2, 0.25) is 16.7 Å². The van der Waals surface area contributed by atoms with Crippen molar-refractivity contribution in [2.24, 2.45) is 0 Å². The molecule has 1 saturated heterocycles. The van der Waals surface area contributed by atoms with Crippen LogP contribution >= 0.6 is 11.8 Å². The monoisotopic (exact) mass is 485 g/mol. The molecule has 3 aromatic carbocycles. The summed E-state index contributed by atoms with van der Waals surface area (Å²) in [6, 6.07) is 23.2. The maximum absolute atomic E-state index is 14.0. The molecule has 2 aliphatic rings. The lowest BCUT2D eigenvalue weighted by molar-refractivity contribution is -0.125. The number of amides is 3. The van der Waals surface area contributed by atoms with E-state index in [9.17, 15) is 14.4 Å². The van der Waals surface area contributed by atoms with Gasteiger partial charge >= 0.3 is 0 Å². The number of benzene rings is 3. The highest BCUT2D eigenvalue weighted by Gasteiger charge is 2.61. The van der Waals surface area contributed by atoms with E-state index < -0.39 is 4.87 Å². The van der Waals surface area contributed by atoms with Crippen LogP contribution in [0, 0.1) is 13.8 Å². The summed E-state index contributed by atoms with van der Waals surface area (Å²) in [5.41, 5.74) is 5.42. The third-order valence-electron chi connectivity index (χ3n) is 6.69. The summed E-state index contributed by atoms with van der Waals surface area (Å²) >= 11 is 1.32. The molecular weight excluding hydrogens is 458 g/mol. The number of nitrogens with one attached hydrogen (secondary N) is 1. The second-order valence-corrected chi connectivity index (χ2v) is 10.1. The van der Waals surface area contributed by atoms with Gasteiger partial charge in [-0.15, -0.1) is 11.8 Å². The lowest BCUT2D eigenvalue weighted by Gasteiger charge is -2.33. The van der Waals surface area contributed by atoms with Gasteiger partial charge in [0.25, 0.3) is 5.91 Å². The molecule has 0 aromatic heterocycles. The summed E-state index contributed by atoms with van der Waals surface area (Å²) in [6.45, 7) is 4.40. The molecular formula is C28H27N3O3S. The van der Waals surface area contributed by atoms with E-state index in [1.165, 1.54) is 16.7 Å². The molecule has 7 heteroatoms. The van der Waals surface area contributed by atoms with Crippen molar-refractivity contribution in [2.45, 2.75) is 25.1 Å². The number of anilines is 2. The fourth-order valence-electron chi connectivity index (χ4n) is 4.77. The fourth-order valence-corrected chi connectivity index (χ4v) is 6.13. The highest BCUT2D eigenvalue weighted by atomic mass is 32.2. The average Bonchev–Trinajstić information content (AvgIpc) is 3.32. The van der Waals surface area contributed by atoms with Crippen molar-refractivity contribution in [1.82, 2.24) is 5.32 Å². The number of rotatable bonds is 6. The SMILES string of the molecule is Cc1ccc(N2C(=O)CS[C@@]23C(=O)N(CC(=O)NCCc2ccccc2)c2ccccc23)cc1C. The maximum Gasteiger partial charge on any atom is 0.269 e. The summed E-state index contributed by atoms with van der Waals surface area (Å²) in [6.07, 6.45) is 0.714. The first kappa shape index (κ1) is 23.2. The van der Waals surface area contributed by atoms with Gasteiger partial charge in [-0.05, 0) is 55.2 Å². The molecule has 0 saturated carbocycles. The highest BCUT2D eigenvalue weighted by molar-refractivity contribution is 8.02. The Kier molecular flexibility index (Phi) is 6.11. The molecule has 35 heavy (non-hydrogen) atoms. The van der Waals surface area contributed by atoms with Crippen LogP contribution in [0.15, 0.2) is 72.8 Å². The molecule has 0 aliphatic carbocycles. The van der Waals surface area contributed by atoms with Gasteiger partial charge in [-0.1, -0.05) is 54.6 Å². The topological polar surface area (TPSA) is 69.7 Å². The van der Waals surface area contributed by atoms with Crippen LogP contribution in [-0.4, -0.2) is 36.6 Å². The Hall–Kier alpha value is -3.58. The largest absolute Gasteiger partial charge is 0.354 e. The van der Waals surface area contributed by atoms with Crippen LogP contribution in [0.5, 0.6) is 0 Å². The van der Waals surface area contributed by atoms with Crippen LogP contribution in [0.1, 0.15) is 22.3 Å². The van der Waals surface area contributed by atoms with E-state index in [0.29, 0.717) is 24.3 Å². The standard InChI is InChI=1S/C28H27N3O3S/c1-19-12-13-22(16-20(19)2)31-26(33)18-35-28(31)23-10-6-7-11-24(23)30(27(28)34)17-25(32)29-15-14-21-8-4-3-5-9-21/h3-13,16H,14-15,17-18H2,1-2H3,(H,29,32)/t28-/m0/s1. The Morgan fingerprint density at radius 3 is 2.49 bits per heavy atom. The molecule has 2 heterocycles. The van der Waals surface area contributed by atoms with Crippen LogP contribution in [0.4, 0.5) is 11.4 Å². The number of thioether (sulfide) groups is 1. The van der Waals surface area contributed by atoms with Crippen LogP contribution in [-0.2, 0) is 25.7 Å². The molecule has 1 spiro atoms. The number of carbonyl (C=O) groups is 3. The molecule has 0 unspecified atom stereocenters. The Morgan fingerprint density at radius 1 is 0.971 bits per heavy atom. The van der Waals surface area contributed by atoms with Gasteiger partial charge in [0.05, 0.1) is 11.4 Å². The fraction of sp³-hybridized carbons (Fsp3) is 0.250. The minimum atomic E-state index is -1.21. The number of fused-ring (bicyclic) bond motifs is 2. The molecule has 1 atom stereocenters. The van der Waals surface area contributed by atoms with E-state index in [2.05, 4.69) is 5.32 Å². The average molecular weight is 486 g/mol. The molecule has 3 aromatic rings. The van der Waals surface area contributed by atoms with Gasteiger partial charge in [-0.3, -0.25) is 24.2 Å². The zero-order valence-corrected chi connectivity index (χ0v) is 20.6. The summed E-state index contributed by atoms with van der Waals surface area (Å²) < 4.78 is 0. The van der Waals surface area contributed by atoms with Gasteiger partial charge in [0.15, 0.2) is 0 Å². The first-order chi connectivity index (χ1) is 16.9. The second kappa shape index (κ2) is 9.23. The van der Waals surface area contributed by atoms with Crippen molar-refractivity contribution in [1.29, 1.82) is 0 Å². The van der Waals surface area contributed by atoms with Crippen molar-refractivity contribution in [2.75, 3.05) is 28.6 Å². The zero-order valence-electron chi connectivity index (χ0n) is 19.8. The predicted molar refractivity (Wildman–Crippen MR) is 139 cm³/mol. The molecule has 1 fully saturated rings. The summed E-state index contributed by atoms with van der Waals surface area (Å²) in [4.78, 5) is 42.0. The lowest BCUT2D eigenvalue weighted by Crippen LogP contribution is -2.51. The summed E-state index contributed by atoms with van der Waals surface area (Å²) in [7, 11) is 0. The molecule has 1 N–H and O–H groups in total. The molecule has 0 bridgehead atoms. The van der Waals surface area contributed by atoms with Gasteiger partial charge in [-0.25, -0.2) is 0 Å². The third-order valence-corrected chi connectivity index (χ3v) is 8.08. The van der Waals surface area contributed by atoms with Crippen molar-refractivity contribution < 1.29 is 14.4 Å². The van der Waals surface area contributed by atoms with Crippen molar-refractivity contribution in [3.05, 3.63) is 95.1 Å². The molecule has 6 nitrogen and oxygen atoms in total. The van der Waals surface area contributed by atoms with Gasteiger partial charge in [0.1, 0.15) is 6.54 Å². The Balaban J connectivity index is 1.42. The van der Waals surface area contributed by atoms with E-state index >= 15 is 0 Å². The first-order valence-electron chi connectivity index (χ1n) is 11.7. The molecule has 3 amide bonds. The van der Waals surface area contributed by atoms with Gasteiger partial charge in [0, 0.05) is 17.8 Å². The number of hydrogen-bond donors (Lipinski definition) is 1. The van der Waals surface area contributed by atoms with Gasteiger partial charge in [-0.2, -0.15) is 0 Å².